The molecule has 1 heterocycles. The summed E-state index contributed by atoms with van der Waals surface area (Å²) in [7, 11) is 0. The molecule has 0 amide bonds. The van der Waals surface area contributed by atoms with Crippen LogP contribution in [0, 0.1) is 0 Å². The molecule has 0 aliphatic carbocycles. The van der Waals surface area contributed by atoms with E-state index in [0.717, 1.165) is 17.7 Å². The number of aromatic amines is 1. The summed E-state index contributed by atoms with van der Waals surface area (Å²) in [5, 5.41) is 1.33. The largest absolute Gasteiger partial charge is 0.351 e. The molecule has 0 saturated heterocycles. The quantitative estimate of drug-likeness (QED) is 0.837. The third-order valence-electron chi connectivity index (χ3n) is 1.94. The molecule has 0 spiro atoms. The van der Waals surface area contributed by atoms with Gasteiger partial charge in [0.25, 0.3) is 0 Å². The summed E-state index contributed by atoms with van der Waals surface area (Å²) in [6, 6.07) is 5.49. The average molecular weight is 227 g/mol. The first-order valence-electron chi connectivity index (χ1n) is 4.17. The van der Waals surface area contributed by atoms with Crippen molar-refractivity contribution >= 4 is 23.2 Å². The van der Waals surface area contributed by atoms with Crippen molar-refractivity contribution in [2.75, 3.05) is 0 Å². The third kappa shape index (κ3) is 2.08. The number of H-pyrrole nitrogens is 1. The summed E-state index contributed by atoms with van der Waals surface area (Å²) in [5.41, 5.74) is 2.00. The molecule has 0 fully saturated rings. The number of hydrogen-bond acceptors (Lipinski definition) is 1. The van der Waals surface area contributed by atoms with Crippen molar-refractivity contribution < 1.29 is 0 Å². The fourth-order valence-electron chi connectivity index (χ4n) is 1.25. The second-order valence-electron chi connectivity index (χ2n) is 2.97. The Morgan fingerprint density at radius 1 is 1.29 bits per heavy atom. The van der Waals surface area contributed by atoms with Crippen LogP contribution in [0.2, 0.25) is 10.0 Å². The van der Waals surface area contributed by atoms with E-state index in [1.165, 1.54) is 0 Å². The van der Waals surface area contributed by atoms with Gasteiger partial charge in [-0.2, -0.15) is 0 Å². The minimum Gasteiger partial charge on any atom is -0.351 e. The van der Waals surface area contributed by atoms with Gasteiger partial charge < -0.3 is 4.98 Å². The highest BCUT2D eigenvalue weighted by molar-refractivity contribution is 6.35. The molecular formula is C10H8Cl2N2. The van der Waals surface area contributed by atoms with E-state index in [1.54, 1.807) is 12.4 Å². The van der Waals surface area contributed by atoms with Gasteiger partial charge >= 0.3 is 0 Å². The zero-order valence-corrected chi connectivity index (χ0v) is 8.81. The van der Waals surface area contributed by atoms with Gasteiger partial charge in [-0.15, -0.1) is 0 Å². The molecule has 0 radical (unpaired) electrons. The molecule has 2 nitrogen and oxygen atoms in total. The molecule has 4 heteroatoms. The molecule has 1 N–H and O–H groups in total. The SMILES string of the molecule is Clc1ccc(Cc2c[nH]cn2)c(Cl)c1. The van der Waals surface area contributed by atoms with Crippen LogP contribution in [0.4, 0.5) is 0 Å². The van der Waals surface area contributed by atoms with Gasteiger partial charge in [0.1, 0.15) is 0 Å². The molecule has 0 aliphatic heterocycles. The van der Waals surface area contributed by atoms with Crippen molar-refractivity contribution in [2.24, 2.45) is 0 Å². The van der Waals surface area contributed by atoms with E-state index in [-0.39, 0.29) is 0 Å². The molecule has 0 aliphatic rings. The van der Waals surface area contributed by atoms with Crippen molar-refractivity contribution in [2.45, 2.75) is 6.42 Å². The lowest BCUT2D eigenvalue weighted by Gasteiger charge is -2.01. The van der Waals surface area contributed by atoms with E-state index in [2.05, 4.69) is 9.97 Å². The van der Waals surface area contributed by atoms with Gasteiger partial charge in [-0.1, -0.05) is 29.3 Å². The summed E-state index contributed by atoms with van der Waals surface area (Å²) in [4.78, 5) is 7.03. The van der Waals surface area contributed by atoms with Gasteiger partial charge in [0.05, 0.1) is 12.0 Å². The van der Waals surface area contributed by atoms with E-state index in [9.17, 15) is 0 Å². The molecule has 2 aromatic rings. The molecule has 14 heavy (non-hydrogen) atoms. The number of imidazole rings is 1. The number of nitrogens with one attached hydrogen (secondary N) is 1. The smallest absolute Gasteiger partial charge is 0.0923 e. The molecule has 0 unspecified atom stereocenters. The first-order valence-corrected chi connectivity index (χ1v) is 4.93. The molecule has 0 atom stereocenters. The number of nitrogens with zero attached hydrogens (tertiary/aromatic N) is 1. The Kier molecular flexibility index (Phi) is 2.75. The fraction of sp³-hybridized carbons (Fsp3) is 0.100. The lowest BCUT2D eigenvalue weighted by atomic mass is 10.1. The van der Waals surface area contributed by atoms with Crippen LogP contribution in [0.1, 0.15) is 11.3 Å². The number of aromatic nitrogens is 2. The van der Waals surface area contributed by atoms with Crippen LogP contribution in [0.5, 0.6) is 0 Å². The first kappa shape index (κ1) is 9.56. The number of benzene rings is 1. The zero-order chi connectivity index (χ0) is 9.97. The van der Waals surface area contributed by atoms with Crippen molar-refractivity contribution in [1.29, 1.82) is 0 Å². The van der Waals surface area contributed by atoms with Crippen LogP contribution >= 0.6 is 23.2 Å². The van der Waals surface area contributed by atoms with Gasteiger partial charge in [0.15, 0.2) is 0 Å². The Labute approximate surface area is 91.9 Å². The maximum absolute atomic E-state index is 6.02. The van der Waals surface area contributed by atoms with Crippen LogP contribution in [0.15, 0.2) is 30.7 Å². The topological polar surface area (TPSA) is 28.7 Å². The molecule has 1 aromatic heterocycles. The lowest BCUT2D eigenvalue weighted by Crippen LogP contribution is -1.89. The highest BCUT2D eigenvalue weighted by atomic mass is 35.5. The van der Waals surface area contributed by atoms with E-state index < -0.39 is 0 Å². The van der Waals surface area contributed by atoms with Crippen molar-refractivity contribution in [1.82, 2.24) is 9.97 Å². The normalized spacial score (nSPS) is 10.4. The van der Waals surface area contributed by atoms with Crippen LogP contribution in [0.3, 0.4) is 0 Å². The summed E-state index contributed by atoms with van der Waals surface area (Å²) < 4.78 is 0. The predicted molar refractivity (Wildman–Crippen MR) is 57.9 cm³/mol. The first-order chi connectivity index (χ1) is 6.75. The van der Waals surface area contributed by atoms with Crippen molar-refractivity contribution in [3.05, 3.63) is 52.0 Å². The lowest BCUT2D eigenvalue weighted by molar-refractivity contribution is 1.11. The van der Waals surface area contributed by atoms with Gasteiger partial charge in [-0.3, -0.25) is 0 Å². The molecule has 1 aromatic carbocycles. The predicted octanol–water partition coefficient (Wildman–Crippen LogP) is 3.31. The number of rotatable bonds is 2. The Morgan fingerprint density at radius 2 is 2.14 bits per heavy atom. The minimum absolute atomic E-state index is 0.653. The van der Waals surface area contributed by atoms with Crippen LogP contribution < -0.4 is 0 Å². The maximum atomic E-state index is 6.02. The van der Waals surface area contributed by atoms with Crippen molar-refractivity contribution in [3.63, 3.8) is 0 Å². The molecule has 72 valence electrons. The second-order valence-corrected chi connectivity index (χ2v) is 3.82. The molecule has 0 bridgehead atoms. The Bertz CT molecular complexity index is 424. The van der Waals surface area contributed by atoms with E-state index >= 15 is 0 Å². The van der Waals surface area contributed by atoms with Gasteiger partial charge in [-0.25, -0.2) is 4.98 Å². The number of hydrogen-bond donors (Lipinski definition) is 1. The number of halogens is 2. The van der Waals surface area contributed by atoms with Gasteiger partial charge in [-0.05, 0) is 17.7 Å². The summed E-state index contributed by atoms with van der Waals surface area (Å²) in [6.07, 6.45) is 4.23. The Balaban J connectivity index is 2.25. The fourth-order valence-corrected chi connectivity index (χ4v) is 1.72. The van der Waals surface area contributed by atoms with Crippen LogP contribution in [-0.2, 0) is 6.42 Å². The van der Waals surface area contributed by atoms with E-state index in [0.29, 0.717) is 10.0 Å². The molecule has 2 rings (SSSR count). The monoisotopic (exact) mass is 226 g/mol. The highest BCUT2D eigenvalue weighted by Crippen LogP contribution is 2.22. The third-order valence-corrected chi connectivity index (χ3v) is 2.53. The zero-order valence-electron chi connectivity index (χ0n) is 7.30. The van der Waals surface area contributed by atoms with Crippen molar-refractivity contribution in [3.8, 4) is 0 Å². The molecule has 0 saturated carbocycles. The summed E-state index contributed by atoms with van der Waals surface area (Å²) in [5.74, 6) is 0. The van der Waals surface area contributed by atoms with Crippen LogP contribution in [-0.4, -0.2) is 9.97 Å². The summed E-state index contributed by atoms with van der Waals surface area (Å²) >= 11 is 11.8. The molecular weight excluding hydrogens is 219 g/mol. The highest BCUT2D eigenvalue weighted by Gasteiger charge is 2.03. The maximum Gasteiger partial charge on any atom is 0.0923 e. The second kappa shape index (κ2) is 4.03. The van der Waals surface area contributed by atoms with Gasteiger partial charge in [0.2, 0.25) is 0 Å². The Morgan fingerprint density at radius 3 is 2.79 bits per heavy atom. The van der Waals surface area contributed by atoms with Gasteiger partial charge in [0, 0.05) is 22.7 Å². The average Bonchev–Trinajstić information content (AvgIpc) is 2.62. The Hall–Kier alpha value is -0.990. The van der Waals surface area contributed by atoms with Crippen LogP contribution in [0.25, 0.3) is 0 Å². The summed E-state index contributed by atoms with van der Waals surface area (Å²) in [6.45, 7) is 0. The van der Waals surface area contributed by atoms with E-state index in [4.69, 9.17) is 23.2 Å². The minimum atomic E-state index is 0.653. The van der Waals surface area contributed by atoms with E-state index in [1.807, 2.05) is 18.3 Å². The standard InChI is InChI=1S/C10H8Cl2N2/c11-8-2-1-7(10(12)4-8)3-9-5-13-6-14-9/h1-2,4-6H,3H2,(H,13,14).